The maximum absolute atomic E-state index is 12.6. The van der Waals surface area contributed by atoms with Crippen LogP contribution in [0, 0.1) is 0 Å². The van der Waals surface area contributed by atoms with Crippen molar-refractivity contribution >= 4 is 23.2 Å². The molecule has 0 saturated heterocycles. The summed E-state index contributed by atoms with van der Waals surface area (Å²) < 4.78 is 11.3. The largest absolute Gasteiger partial charge is 0.490 e. The molecule has 0 bridgehead atoms. The Morgan fingerprint density at radius 2 is 1.44 bits per heavy atom. The Kier molecular flexibility index (Phi) is 9.19. The van der Waals surface area contributed by atoms with E-state index in [2.05, 4.69) is 16.0 Å². The summed E-state index contributed by atoms with van der Waals surface area (Å²) in [6.07, 6.45) is 5.66. The number of rotatable bonds is 11. The number of ether oxygens (including phenoxy) is 2. The Balaban J connectivity index is 1.17. The third-order valence-electron chi connectivity index (χ3n) is 6.02. The van der Waals surface area contributed by atoms with Crippen LogP contribution in [0.25, 0.3) is 0 Å². The molecule has 2 amide bonds. The fourth-order valence-corrected chi connectivity index (χ4v) is 4.14. The average molecular weight is 488 g/mol. The molecule has 1 fully saturated rings. The van der Waals surface area contributed by atoms with Gasteiger partial charge in [0.15, 0.2) is 0 Å². The lowest BCUT2D eigenvalue weighted by Crippen LogP contribution is -2.36. The lowest BCUT2D eigenvalue weighted by Gasteiger charge is -2.22. The first-order valence-corrected chi connectivity index (χ1v) is 12.5. The first kappa shape index (κ1) is 25.1. The first-order valence-electron chi connectivity index (χ1n) is 12.5. The predicted octanol–water partition coefficient (Wildman–Crippen LogP) is 5.26. The van der Waals surface area contributed by atoms with Crippen LogP contribution in [0.4, 0.5) is 11.4 Å². The van der Waals surface area contributed by atoms with Crippen molar-refractivity contribution in [1.82, 2.24) is 5.32 Å². The van der Waals surface area contributed by atoms with Crippen LogP contribution in [0.3, 0.4) is 0 Å². The number of hydrogen-bond acceptors (Lipinski definition) is 5. The second-order valence-electron chi connectivity index (χ2n) is 8.83. The minimum absolute atomic E-state index is 0.0658. The molecule has 1 aliphatic carbocycles. The van der Waals surface area contributed by atoms with E-state index in [1.165, 1.54) is 19.3 Å². The summed E-state index contributed by atoms with van der Waals surface area (Å²) in [4.78, 5) is 25.0. The van der Waals surface area contributed by atoms with Gasteiger partial charge >= 0.3 is 0 Å². The molecule has 0 spiro atoms. The van der Waals surface area contributed by atoms with Crippen molar-refractivity contribution in [1.29, 1.82) is 0 Å². The van der Waals surface area contributed by atoms with Crippen molar-refractivity contribution in [2.24, 2.45) is 0 Å². The molecule has 0 heterocycles. The molecule has 0 radical (unpaired) electrons. The number of nitrogens with one attached hydrogen (secondary N) is 3. The van der Waals surface area contributed by atoms with Gasteiger partial charge in [-0.15, -0.1) is 0 Å². The quantitative estimate of drug-likeness (QED) is 0.321. The maximum Gasteiger partial charge on any atom is 0.251 e. The van der Waals surface area contributed by atoms with E-state index in [-0.39, 0.29) is 24.4 Å². The van der Waals surface area contributed by atoms with Crippen LogP contribution in [-0.4, -0.2) is 37.6 Å². The van der Waals surface area contributed by atoms with Gasteiger partial charge in [0.2, 0.25) is 5.91 Å². The highest BCUT2D eigenvalue weighted by molar-refractivity contribution is 5.96. The number of hydrogen-bond donors (Lipinski definition) is 3. The van der Waals surface area contributed by atoms with Crippen molar-refractivity contribution < 1.29 is 19.1 Å². The summed E-state index contributed by atoms with van der Waals surface area (Å²) in [6, 6.07) is 24.3. The van der Waals surface area contributed by atoms with Crippen molar-refractivity contribution in [3.63, 3.8) is 0 Å². The highest BCUT2D eigenvalue weighted by Crippen LogP contribution is 2.19. The molecule has 0 aliphatic heterocycles. The van der Waals surface area contributed by atoms with Crippen LogP contribution in [0.2, 0.25) is 0 Å². The Bertz CT molecular complexity index is 1110. The van der Waals surface area contributed by atoms with E-state index in [1.807, 2.05) is 42.5 Å². The molecule has 7 heteroatoms. The molecule has 0 unspecified atom stereocenters. The van der Waals surface area contributed by atoms with Crippen molar-refractivity contribution in [2.75, 3.05) is 30.4 Å². The van der Waals surface area contributed by atoms with Crippen LogP contribution >= 0.6 is 0 Å². The minimum Gasteiger partial charge on any atom is -0.490 e. The molecule has 188 valence electrons. The Labute approximate surface area is 212 Å². The standard InChI is InChI=1S/C29H33N3O4/c33-28(21-30-25-11-7-8-22(20-25)29(34)32-23-9-3-1-4-10-23)31-24-14-16-27(17-15-24)36-19-18-35-26-12-5-2-6-13-26/h2,5-8,11-17,20,23,30H,1,3-4,9-10,18-19,21H2,(H,31,33)(H,32,34). The van der Waals surface area contributed by atoms with E-state index in [0.717, 1.165) is 24.3 Å². The van der Waals surface area contributed by atoms with Gasteiger partial charge in [0, 0.05) is 23.0 Å². The highest BCUT2D eigenvalue weighted by Gasteiger charge is 2.16. The molecule has 0 aromatic heterocycles. The number of carbonyl (C=O) groups excluding carboxylic acids is 2. The van der Waals surface area contributed by atoms with Crippen LogP contribution in [0.15, 0.2) is 78.9 Å². The van der Waals surface area contributed by atoms with E-state index >= 15 is 0 Å². The summed E-state index contributed by atoms with van der Waals surface area (Å²) in [5.74, 6) is 1.26. The zero-order valence-electron chi connectivity index (χ0n) is 20.4. The van der Waals surface area contributed by atoms with Gasteiger partial charge in [-0.05, 0) is 67.4 Å². The number of carbonyl (C=O) groups is 2. The van der Waals surface area contributed by atoms with E-state index in [4.69, 9.17) is 9.47 Å². The zero-order valence-corrected chi connectivity index (χ0v) is 20.4. The van der Waals surface area contributed by atoms with E-state index in [0.29, 0.717) is 30.2 Å². The Morgan fingerprint density at radius 3 is 2.17 bits per heavy atom. The van der Waals surface area contributed by atoms with E-state index < -0.39 is 0 Å². The topological polar surface area (TPSA) is 88.7 Å². The molecule has 3 aromatic rings. The van der Waals surface area contributed by atoms with Crippen molar-refractivity contribution in [2.45, 2.75) is 38.1 Å². The van der Waals surface area contributed by atoms with Crippen LogP contribution < -0.4 is 25.4 Å². The van der Waals surface area contributed by atoms with Crippen LogP contribution in [-0.2, 0) is 4.79 Å². The molecule has 4 rings (SSSR count). The van der Waals surface area contributed by atoms with Gasteiger partial charge in [0.05, 0.1) is 6.54 Å². The summed E-state index contributed by atoms with van der Waals surface area (Å²) >= 11 is 0. The molecule has 1 saturated carbocycles. The Hall–Kier alpha value is -4.00. The van der Waals surface area contributed by atoms with Gasteiger partial charge in [0.25, 0.3) is 5.91 Å². The third-order valence-corrected chi connectivity index (χ3v) is 6.02. The zero-order chi connectivity index (χ0) is 25.0. The SMILES string of the molecule is O=C(CNc1cccc(C(=O)NC2CCCCC2)c1)Nc1ccc(OCCOc2ccccc2)cc1. The number of para-hydroxylation sites is 1. The van der Waals surface area contributed by atoms with Crippen molar-refractivity contribution in [3.05, 3.63) is 84.4 Å². The number of amides is 2. The molecule has 36 heavy (non-hydrogen) atoms. The summed E-state index contributed by atoms with van der Waals surface area (Å²) in [7, 11) is 0. The third kappa shape index (κ3) is 8.05. The van der Waals surface area contributed by atoms with Crippen LogP contribution in [0.1, 0.15) is 42.5 Å². The van der Waals surface area contributed by atoms with Gasteiger partial charge in [-0.3, -0.25) is 9.59 Å². The maximum atomic E-state index is 12.6. The second kappa shape index (κ2) is 13.2. The smallest absolute Gasteiger partial charge is 0.251 e. The molecule has 1 aliphatic rings. The average Bonchev–Trinajstić information content (AvgIpc) is 2.92. The lowest BCUT2D eigenvalue weighted by molar-refractivity contribution is -0.114. The molecule has 0 atom stereocenters. The molecule has 3 N–H and O–H groups in total. The van der Waals surface area contributed by atoms with Gasteiger partial charge in [-0.1, -0.05) is 43.5 Å². The molecular weight excluding hydrogens is 454 g/mol. The van der Waals surface area contributed by atoms with Gasteiger partial charge in [-0.2, -0.15) is 0 Å². The van der Waals surface area contributed by atoms with Gasteiger partial charge < -0.3 is 25.4 Å². The summed E-state index contributed by atoms with van der Waals surface area (Å²) in [5.41, 5.74) is 1.99. The van der Waals surface area contributed by atoms with Gasteiger partial charge in [0.1, 0.15) is 24.7 Å². The number of benzene rings is 3. The predicted molar refractivity (Wildman–Crippen MR) is 142 cm³/mol. The Morgan fingerprint density at radius 1 is 0.750 bits per heavy atom. The normalized spacial score (nSPS) is 13.4. The van der Waals surface area contributed by atoms with Gasteiger partial charge in [-0.25, -0.2) is 0 Å². The minimum atomic E-state index is -0.183. The summed E-state index contributed by atoms with van der Waals surface area (Å²) in [6.45, 7) is 0.947. The number of anilines is 2. The van der Waals surface area contributed by atoms with E-state index in [1.54, 1.807) is 36.4 Å². The lowest BCUT2D eigenvalue weighted by atomic mass is 9.95. The fraction of sp³-hybridized carbons (Fsp3) is 0.310. The highest BCUT2D eigenvalue weighted by atomic mass is 16.5. The molecule has 7 nitrogen and oxygen atoms in total. The monoisotopic (exact) mass is 487 g/mol. The summed E-state index contributed by atoms with van der Waals surface area (Å²) in [5, 5.41) is 9.08. The molecule has 3 aromatic carbocycles. The van der Waals surface area contributed by atoms with E-state index in [9.17, 15) is 9.59 Å². The first-order chi connectivity index (χ1) is 17.7. The fourth-order valence-electron chi connectivity index (χ4n) is 4.14. The van der Waals surface area contributed by atoms with Crippen molar-refractivity contribution in [3.8, 4) is 11.5 Å². The molecular formula is C29H33N3O4. The second-order valence-corrected chi connectivity index (χ2v) is 8.83. The van der Waals surface area contributed by atoms with Crippen LogP contribution in [0.5, 0.6) is 11.5 Å².